The Balaban J connectivity index is 1.43. The summed E-state index contributed by atoms with van der Waals surface area (Å²) in [6.07, 6.45) is 2.09. The van der Waals surface area contributed by atoms with Gasteiger partial charge in [-0.15, -0.1) is 18.3 Å². The SMILES string of the molecule is C=CCCOCC1COC(c2ccc(C3=CCC=C(C(F)(F)Oc4cc(F)c(F)c(F)c4)C(Cl)=C3)c(F)c2)SC1. The van der Waals surface area contributed by atoms with Gasteiger partial charge >= 0.3 is 6.11 Å². The summed E-state index contributed by atoms with van der Waals surface area (Å²) in [6, 6.07) is 5.16. The van der Waals surface area contributed by atoms with Crippen LogP contribution in [0.15, 0.2) is 71.8 Å². The number of allylic oxidation sites excluding steroid dienone is 4. The fraction of sp³-hybridized carbons (Fsp3) is 0.310. The van der Waals surface area contributed by atoms with Crippen molar-refractivity contribution in [3.05, 3.63) is 106 Å². The first-order valence-electron chi connectivity index (χ1n) is 12.3. The molecule has 0 N–H and O–H groups in total. The van der Waals surface area contributed by atoms with Crippen molar-refractivity contribution in [2.75, 3.05) is 25.6 Å². The zero-order chi connectivity index (χ0) is 28.9. The van der Waals surface area contributed by atoms with Crippen molar-refractivity contribution < 1.29 is 40.6 Å². The van der Waals surface area contributed by atoms with E-state index in [1.807, 2.05) is 0 Å². The van der Waals surface area contributed by atoms with Crippen molar-refractivity contribution in [3.63, 3.8) is 0 Å². The zero-order valence-corrected chi connectivity index (χ0v) is 22.7. The van der Waals surface area contributed by atoms with Crippen molar-refractivity contribution >= 4 is 28.9 Å². The Morgan fingerprint density at radius 2 is 1.82 bits per heavy atom. The van der Waals surface area contributed by atoms with Crippen molar-refractivity contribution in [2.24, 2.45) is 5.92 Å². The molecule has 1 fully saturated rings. The molecule has 0 spiro atoms. The molecule has 4 rings (SSSR count). The molecular weight excluding hydrogens is 578 g/mol. The van der Waals surface area contributed by atoms with Gasteiger partial charge in [-0.2, -0.15) is 8.78 Å². The average molecular weight is 603 g/mol. The number of rotatable bonds is 10. The molecule has 2 aromatic rings. The number of halogens is 7. The molecule has 1 heterocycles. The van der Waals surface area contributed by atoms with Crippen molar-refractivity contribution in [1.29, 1.82) is 0 Å². The summed E-state index contributed by atoms with van der Waals surface area (Å²) in [5.74, 6) is -5.69. The van der Waals surface area contributed by atoms with E-state index in [2.05, 4.69) is 11.3 Å². The van der Waals surface area contributed by atoms with Crippen LogP contribution in [0, 0.1) is 29.2 Å². The van der Waals surface area contributed by atoms with Crippen molar-refractivity contribution in [2.45, 2.75) is 24.4 Å². The predicted octanol–water partition coefficient (Wildman–Crippen LogP) is 8.72. The summed E-state index contributed by atoms with van der Waals surface area (Å²) in [6.45, 7) is 5.30. The van der Waals surface area contributed by atoms with E-state index in [0.717, 1.165) is 24.3 Å². The van der Waals surface area contributed by atoms with Gasteiger partial charge in [0, 0.05) is 29.4 Å². The van der Waals surface area contributed by atoms with E-state index in [1.54, 1.807) is 12.1 Å². The van der Waals surface area contributed by atoms with E-state index in [4.69, 9.17) is 21.1 Å². The fourth-order valence-electron chi connectivity index (χ4n) is 4.07. The van der Waals surface area contributed by atoms with E-state index < -0.39 is 45.7 Å². The van der Waals surface area contributed by atoms with Gasteiger partial charge in [-0.3, -0.25) is 0 Å². The highest BCUT2D eigenvalue weighted by molar-refractivity contribution is 7.99. The van der Waals surface area contributed by atoms with Crippen LogP contribution in [-0.4, -0.2) is 31.7 Å². The molecule has 1 aliphatic carbocycles. The van der Waals surface area contributed by atoms with Crippen LogP contribution in [0.1, 0.15) is 29.4 Å². The lowest BCUT2D eigenvalue weighted by molar-refractivity contribution is -0.139. The first-order chi connectivity index (χ1) is 19.1. The number of thioether (sulfide) groups is 1. The highest BCUT2D eigenvalue weighted by Crippen LogP contribution is 2.40. The summed E-state index contributed by atoms with van der Waals surface area (Å²) in [4.78, 5) is 0. The van der Waals surface area contributed by atoms with E-state index in [1.165, 1.54) is 30.0 Å². The molecule has 40 heavy (non-hydrogen) atoms. The Labute approximate surface area is 237 Å². The molecule has 1 aliphatic heterocycles. The molecule has 2 aliphatic rings. The molecule has 11 heteroatoms. The summed E-state index contributed by atoms with van der Waals surface area (Å²) in [7, 11) is 0. The Hall–Kier alpha value is -2.66. The third-order valence-electron chi connectivity index (χ3n) is 6.08. The first kappa shape index (κ1) is 30.3. The molecule has 0 bridgehead atoms. The highest BCUT2D eigenvalue weighted by Gasteiger charge is 2.40. The molecule has 0 saturated carbocycles. The molecule has 2 atom stereocenters. The van der Waals surface area contributed by atoms with Crippen LogP contribution in [0.3, 0.4) is 0 Å². The Kier molecular flexibility index (Phi) is 10.1. The van der Waals surface area contributed by atoms with Gasteiger partial charge in [0.1, 0.15) is 17.0 Å². The van der Waals surface area contributed by atoms with Gasteiger partial charge in [-0.1, -0.05) is 42.0 Å². The van der Waals surface area contributed by atoms with E-state index in [-0.39, 0.29) is 28.9 Å². The standard InChI is InChI=1S/C29H25ClF6O3S/c1-2-3-9-37-14-17-15-38-28(40-16-17)19-7-8-21(24(31)11-19)18-5-4-6-22(23(30)10-18)29(35,36)39-20-12-25(32)27(34)26(33)13-20/h2,5-8,10-13,17,28H,1,3-4,9,14-16H2. The largest absolute Gasteiger partial charge is 0.429 e. The van der Waals surface area contributed by atoms with Gasteiger partial charge in [-0.25, -0.2) is 17.6 Å². The second-order valence-corrected chi connectivity index (χ2v) is 10.6. The van der Waals surface area contributed by atoms with Crippen LogP contribution in [0.25, 0.3) is 5.57 Å². The minimum Gasteiger partial charge on any atom is -0.429 e. The molecule has 0 amide bonds. The lowest BCUT2D eigenvalue weighted by atomic mass is 10.0. The third-order valence-corrected chi connectivity index (χ3v) is 7.77. The lowest BCUT2D eigenvalue weighted by Gasteiger charge is -2.29. The number of ether oxygens (including phenoxy) is 3. The van der Waals surface area contributed by atoms with Crippen LogP contribution in [0.5, 0.6) is 5.75 Å². The van der Waals surface area contributed by atoms with Crippen LogP contribution in [-0.2, 0) is 9.47 Å². The average Bonchev–Trinajstić information content (AvgIpc) is 3.11. The normalized spacial score (nSPS) is 19.8. The third kappa shape index (κ3) is 7.34. The van der Waals surface area contributed by atoms with Gasteiger partial charge in [0.2, 0.25) is 0 Å². The van der Waals surface area contributed by atoms with Gasteiger partial charge in [-0.05, 0) is 36.1 Å². The maximum atomic E-state index is 15.2. The predicted molar refractivity (Wildman–Crippen MR) is 143 cm³/mol. The van der Waals surface area contributed by atoms with E-state index >= 15 is 4.39 Å². The molecule has 2 aromatic carbocycles. The topological polar surface area (TPSA) is 27.7 Å². The maximum Gasteiger partial charge on any atom is 0.427 e. The molecular formula is C29H25ClF6O3S. The number of alkyl halides is 2. The van der Waals surface area contributed by atoms with Crippen LogP contribution >= 0.6 is 23.4 Å². The molecule has 214 valence electrons. The van der Waals surface area contributed by atoms with E-state index in [0.29, 0.717) is 37.5 Å². The second-order valence-electron chi connectivity index (χ2n) is 9.08. The molecule has 0 radical (unpaired) electrons. The number of hydrogen-bond donors (Lipinski definition) is 0. The van der Waals surface area contributed by atoms with E-state index in [9.17, 15) is 22.0 Å². The molecule has 1 saturated heterocycles. The monoisotopic (exact) mass is 602 g/mol. The zero-order valence-electron chi connectivity index (χ0n) is 21.1. The minimum atomic E-state index is -4.12. The van der Waals surface area contributed by atoms with Crippen LogP contribution in [0.4, 0.5) is 26.3 Å². The fourth-order valence-corrected chi connectivity index (χ4v) is 5.53. The smallest absolute Gasteiger partial charge is 0.427 e. The van der Waals surface area contributed by atoms with Crippen molar-refractivity contribution in [3.8, 4) is 5.75 Å². The summed E-state index contributed by atoms with van der Waals surface area (Å²) in [5.41, 5.74) is -0.140. The molecule has 3 nitrogen and oxygen atoms in total. The Morgan fingerprint density at radius 1 is 1.07 bits per heavy atom. The lowest BCUT2D eigenvalue weighted by Crippen LogP contribution is -2.28. The van der Waals surface area contributed by atoms with Gasteiger partial charge < -0.3 is 14.2 Å². The summed E-state index contributed by atoms with van der Waals surface area (Å²) in [5, 5.41) is -0.465. The van der Waals surface area contributed by atoms with Crippen LogP contribution < -0.4 is 4.74 Å². The van der Waals surface area contributed by atoms with Gasteiger partial charge in [0.25, 0.3) is 0 Å². The number of benzene rings is 2. The number of hydrogen-bond acceptors (Lipinski definition) is 4. The Morgan fingerprint density at radius 3 is 2.48 bits per heavy atom. The van der Waals surface area contributed by atoms with Gasteiger partial charge in [0.15, 0.2) is 17.5 Å². The maximum absolute atomic E-state index is 15.2. The molecule has 2 unspecified atom stereocenters. The first-order valence-corrected chi connectivity index (χ1v) is 13.7. The highest BCUT2D eigenvalue weighted by atomic mass is 35.5. The minimum absolute atomic E-state index is 0.0679. The van der Waals surface area contributed by atoms with Crippen LogP contribution in [0.2, 0.25) is 0 Å². The van der Waals surface area contributed by atoms with Gasteiger partial charge in [0.05, 0.1) is 30.4 Å². The summed E-state index contributed by atoms with van der Waals surface area (Å²) >= 11 is 7.70. The quantitative estimate of drug-likeness (QED) is 0.118. The second kappa shape index (κ2) is 13.3. The molecule has 0 aromatic heterocycles. The van der Waals surface area contributed by atoms with Crippen molar-refractivity contribution in [1.82, 2.24) is 0 Å². The summed E-state index contributed by atoms with van der Waals surface area (Å²) < 4.78 is 101. The Bertz CT molecular complexity index is 1310.